The Morgan fingerprint density at radius 1 is 1.36 bits per heavy atom. The molecule has 0 aliphatic rings. The number of hydrogen-bond acceptors (Lipinski definition) is 2. The summed E-state index contributed by atoms with van der Waals surface area (Å²) in [6, 6.07) is 5.87. The lowest BCUT2D eigenvalue weighted by Crippen LogP contribution is -2.27. The molecular formula is C8H7N2S+. The van der Waals surface area contributed by atoms with Crippen molar-refractivity contribution in [2.75, 3.05) is 0 Å². The van der Waals surface area contributed by atoms with E-state index in [1.165, 1.54) is 0 Å². The molecule has 0 unspecified atom stereocenters. The molecule has 2 heterocycles. The van der Waals surface area contributed by atoms with Crippen molar-refractivity contribution < 1.29 is 4.57 Å². The molecule has 0 saturated carbocycles. The van der Waals surface area contributed by atoms with E-state index >= 15 is 0 Å². The molecule has 2 aromatic rings. The van der Waals surface area contributed by atoms with Crippen LogP contribution in [-0.4, -0.2) is 4.98 Å². The van der Waals surface area contributed by atoms with E-state index in [0.29, 0.717) is 0 Å². The average Bonchev–Trinajstić information content (AvgIpc) is 2.58. The van der Waals surface area contributed by atoms with Crippen LogP contribution in [0.25, 0.3) is 5.82 Å². The van der Waals surface area contributed by atoms with Crippen LogP contribution in [0.2, 0.25) is 0 Å². The van der Waals surface area contributed by atoms with Crippen LogP contribution in [0.3, 0.4) is 0 Å². The van der Waals surface area contributed by atoms with E-state index in [4.69, 9.17) is 0 Å². The Labute approximate surface area is 68.8 Å². The van der Waals surface area contributed by atoms with Gasteiger partial charge in [-0.05, 0) is 11.1 Å². The van der Waals surface area contributed by atoms with Gasteiger partial charge in [0.1, 0.15) is 17.9 Å². The van der Waals surface area contributed by atoms with Crippen molar-refractivity contribution in [1.82, 2.24) is 4.98 Å². The van der Waals surface area contributed by atoms with Gasteiger partial charge in [-0.15, -0.1) is 11.3 Å². The van der Waals surface area contributed by atoms with Crippen LogP contribution in [0.15, 0.2) is 41.5 Å². The number of nitrogens with zero attached hydrogens (tertiary/aromatic N) is 2. The molecular weight excluding hydrogens is 156 g/mol. The lowest BCUT2D eigenvalue weighted by Gasteiger charge is -1.85. The quantitative estimate of drug-likeness (QED) is 0.581. The minimum atomic E-state index is 0.966. The van der Waals surface area contributed by atoms with Gasteiger partial charge in [-0.3, -0.25) is 0 Å². The van der Waals surface area contributed by atoms with Gasteiger partial charge in [0.15, 0.2) is 0 Å². The Morgan fingerprint density at radius 2 is 2.36 bits per heavy atom. The van der Waals surface area contributed by atoms with E-state index in [0.717, 1.165) is 5.82 Å². The monoisotopic (exact) mass is 163 g/mol. The van der Waals surface area contributed by atoms with Crippen LogP contribution in [0.1, 0.15) is 0 Å². The predicted molar refractivity (Wildman–Crippen MR) is 43.6 cm³/mol. The average molecular weight is 163 g/mol. The summed E-state index contributed by atoms with van der Waals surface area (Å²) < 4.78 is 1.99. The summed E-state index contributed by atoms with van der Waals surface area (Å²) in [5.74, 6) is 0.966. The van der Waals surface area contributed by atoms with Crippen molar-refractivity contribution in [2.45, 2.75) is 0 Å². The van der Waals surface area contributed by atoms with Gasteiger partial charge >= 0.3 is 5.82 Å². The van der Waals surface area contributed by atoms with E-state index in [-0.39, 0.29) is 0 Å². The largest absolute Gasteiger partial charge is 0.328 e. The fourth-order valence-electron chi connectivity index (χ4n) is 0.873. The molecule has 54 valence electrons. The molecule has 0 saturated heterocycles. The second-order valence-electron chi connectivity index (χ2n) is 2.12. The highest BCUT2D eigenvalue weighted by atomic mass is 32.1. The maximum Gasteiger partial charge on any atom is 0.328 e. The van der Waals surface area contributed by atoms with E-state index in [9.17, 15) is 0 Å². The molecule has 0 atom stereocenters. The van der Waals surface area contributed by atoms with Gasteiger partial charge in [0, 0.05) is 11.4 Å². The van der Waals surface area contributed by atoms with Gasteiger partial charge in [0.25, 0.3) is 0 Å². The van der Waals surface area contributed by atoms with E-state index in [1.807, 2.05) is 39.9 Å². The molecule has 2 nitrogen and oxygen atoms in total. The van der Waals surface area contributed by atoms with Crippen LogP contribution in [0.5, 0.6) is 0 Å². The third-order valence-electron chi connectivity index (χ3n) is 1.39. The van der Waals surface area contributed by atoms with E-state index in [2.05, 4.69) is 4.98 Å². The Hall–Kier alpha value is -1.22. The minimum Gasteiger partial charge on any atom is -0.193 e. The Morgan fingerprint density at radius 3 is 3.00 bits per heavy atom. The van der Waals surface area contributed by atoms with E-state index in [1.54, 1.807) is 17.5 Å². The number of aromatic nitrogens is 2. The van der Waals surface area contributed by atoms with E-state index < -0.39 is 0 Å². The Balaban J connectivity index is 2.46. The summed E-state index contributed by atoms with van der Waals surface area (Å²) in [7, 11) is 0. The first kappa shape index (κ1) is 6.49. The van der Waals surface area contributed by atoms with Crippen molar-refractivity contribution in [1.29, 1.82) is 0 Å². The lowest BCUT2D eigenvalue weighted by atomic mass is 10.5. The molecule has 0 fully saturated rings. The van der Waals surface area contributed by atoms with Gasteiger partial charge in [0.05, 0.1) is 0 Å². The molecule has 2 aromatic heterocycles. The zero-order chi connectivity index (χ0) is 7.52. The van der Waals surface area contributed by atoms with Crippen LogP contribution in [0, 0.1) is 0 Å². The first-order chi connectivity index (χ1) is 5.47. The molecule has 2 rings (SSSR count). The minimum absolute atomic E-state index is 0.966. The molecule has 0 aliphatic heterocycles. The summed E-state index contributed by atoms with van der Waals surface area (Å²) in [5.41, 5.74) is 2.02. The first-order valence-electron chi connectivity index (χ1n) is 3.32. The molecule has 11 heavy (non-hydrogen) atoms. The highest BCUT2D eigenvalue weighted by molar-refractivity contribution is 7.07. The fourth-order valence-corrected chi connectivity index (χ4v) is 1.45. The number of hydrogen-bond donors (Lipinski definition) is 0. The highest BCUT2D eigenvalue weighted by Gasteiger charge is 2.03. The molecule has 0 N–H and O–H groups in total. The molecule has 0 aromatic carbocycles. The van der Waals surface area contributed by atoms with Crippen LogP contribution >= 0.6 is 11.3 Å². The second-order valence-corrected chi connectivity index (χ2v) is 2.88. The van der Waals surface area contributed by atoms with Crippen molar-refractivity contribution in [3.63, 3.8) is 0 Å². The zero-order valence-electron chi connectivity index (χ0n) is 5.84. The first-order valence-corrected chi connectivity index (χ1v) is 4.26. The Kier molecular flexibility index (Phi) is 1.65. The molecule has 0 spiro atoms. The highest BCUT2D eigenvalue weighted by Crippen LogP contribution is 1.95. The summed E-state index contributed by atoms with van der Waals surface area (Å²) in [6.45, 7) is 0. The summed E-state index contributed by atoms with van der Waals surface area (Å²) in [6.07, 6.45) is 3.78. The predicted octanol–water partition coefficient (Wildman–Crippen LogP) is 1.42. The van der Waals surface area contributed by atoms with Crippen molar-refractivity contribution in [2.24, 2.45) is 0 Å². The smallest absolute Gasteiger partial charge is 0.193 e. The molecule has 0 amide bonds. The van der Waals surface area contributed by atoms with Gasteiger partial charge in [0.2, 0.25) is 0 Å². The topological polar surface area (TPSA) is 16.8 Å². The van der Waals surface area contributed by atoms with Crippen molar-refractivity contribution in [3.05, 3.63) is 41.5 Å². The molecule has 0 bridgehead atoms. The Bertz CT molecular complexity index is 315. The fraction of sp³-hybridized carbons (Fsp3) is 0. The second kappa shape index (κ2) is 2.80. The molecule has 0 aliphatic carbocycles. The van der Waals surface area contributed by atoms with Gasteiger partial charge in [-0.1, -0.05) is 6.07 Å². The van der Waals surface area contributed by atoms with Gasteiger partial charge in [-0.2, -0.15) is 4.57 Å². The molecule has 0 radical (unpaired) electrons. The third-order valence-corrected chi connectivity index (χ3v) is 2.02. The normalized spacial score (nSPS) is 9.82. The van der Waals surface area contributed by atoms with Crippen LogP contribution < -0.4 is 4.57 Å². The van der Waals surface area contributed by atoms with Gasteiger partial charge < -0.3 is 0 Å². The molecule has 3 heteroatoms. The maximum atomic E-state index is 4.19. The maximum absolute atomic E-state index is 4.19. The number of rotatable bonds is 1. The third kappa shape index (κ3) is 1.28. The number of thiazole rings is 1. The van der Waals surface area contributed by atoms with Crippen LogP contribution in [-0.2, 0) is 0 Å². The van der Waals surface area contributed by atoms with Gasteiger partial charge in [-0.25, -0.2) is 0 Å². The zero-order valence-corrected chi connectivity index (χ0v) is 6.66. The summed E-state index contributed by atoms with van der Waals surface area (Å²) in [4.78, 5) is 4.19. The number of pyridine rings is 1. The summed E-state index contributed by atoms with van der Waals surface area (Å²) in [5, 5.41) is 2.02. The van der Waals surface area contributed by atoms with Crippen molar-refractivity contribution in [3.8, 4) is 5.82 Å². The SMILES string of the molecule is c1ccc(-[n+]2ccsc2)nc1. The van der Waals surface area contributed by atoms with Crippen molar-refractivity contribution >= 4 is 11.3 Å². The summed E-state index contributed by atoms with van der Waals surface area (Å²) >= 11 is 1.66. The lowest BCUT2D eigenvalue weighted by molar-refractivity contribution is -0.594. The standard InChI is InChI=1S/C8H7N2S/c1-2-4-9-8(3-1)10-5-6-11-7-10/h1-7H/q+1. The van der Waals surface area contributed by atoms with Crippen LogP contribution in [0.4, 0.5) is 0 Å².